The molecule has 0 fully saturated rings. The van der Waals surface area contributed by atoms with Crippen LogP contribution >= 0.6 is 12.4 Å². The summed E-state index contributed by atoms with van der Waals surface area (Å²) < 4.78 is 46.3. The number of aromatic carboxylic acids is 1. The van der Waals surface area contributed by atoms with Crippen LogP contribution < -0.4 is 15.2 Å². The molecule has 0 radical (unpaired) electrons. The van der Waals surface area contributed by atoms with Crippen LogP contribution in [-0.4, -0.2) is 30.1 Å². The number of nitrogens with two attached hydrogens (primary N) is 1. The molecule has 2 rings (SSSR count). The molecule has 0 spiro atoms. The van der Waals surface area contributed by atoms with E-state index in [4.69, 9.17) is 10.5 Å². The largest absolute Gasteiger partial charge is 0.573 e. The van der Waals surface area contributed by atoms with Crippen molar-refractivity contribution in [2.24, 2.45) is 5.73 Å². The van der Waals surface area contributed by atoms with Crippen LogP contribution in [0.15, 0.2) is 48.5 Å². The summed E-state index contributed by atoms with van der Waals surface area (Å²) in [4.78, 5) is 11.3. The predicted molar refractivity (Wildman–Crippen MR) is 90.9 cm³/mol. The van der Waals surface area contributed by atoms with Gasteiger partial charge in [-0.15, -0.1) is 25.6 Å². The maximum Gasteiger partial charge on any atom is 0.573 e. The number of hydrogen-bond acceptors (Lipinski definition) is 4. The first-order chi connectivity index (χ1) is 11.8. The fourth-order valence-electron chi connectivity index (χ4n) is 2.22. The Morgan fingerprint density at radius 1 is 1.08 bits per heavy atom. The van der Waals surface area contributed by atoms with Gasteiger partial charge in [-0.2, -0.15) is 0 Å². The quantitative estimate of drug-likeness (QED) is 0.752. The molecule has 0 aliphatic rings. The lowest BCUT2D eigenvalue weighted by Crippen LogP contribution is -2.30. The summed E-state index contributed by atoms with van der Waals surface area (Å²) in [6.45, 7) is -0.0648. The van der Waals surface area contributed by atoms with Crippen LogP contribution in [0.1, 0.15) is 15.9 Å². The molecule has 0 aliphatic carbocycles. The van der Waals surface area contributed by atoms with Crippen molar-refractivity contribution in [2.45, 2.75) is 18.8 Å². The van der Waals surface area contributed by atoms with Crippen LogP contribution in [0.4, 0.5) is 13.2 Å². The first-order valence-corrected chi connectivity index (χ1v) is 7.30. The average molecular weight is 392 g/mol. The molecule has 0 aliphatic heterocycles. The van der Waals surface area contributed by atoms with E-state index in [9.17, 15) is 23.1 Å². The molecule has 26 heavy (non-hydrogen) atoms. The Labute approximate surface area is 153 Å². The van der Waals surface area contributed by atoms with Gasteiger partial charge in [-0.3, -0.25) is 0 Å². The topological polar surface area (TPSA) is 81.8 Å². The van der Waals surface area contributed by atoms with Gasteiger partial charge in [-0.05, 0) is 24.1 Å². The minimum atomic E-state index is -5.01. The van der Waals surface area contributed by atoms with Crippen molar-refractivity contribution >= 4 is 18.4 Å². The lowest BCUT2D eigenvalue weighted by molar-refractivity contribution is -0.274. The third-order valence-electron chi connectivity index (χ3n) is 3.22. The Kier molecular flexibility index (Phi) is 7.73. The summed E-state index contributed by atoms with van der Waals surface area (Å²) in [7, 11) is 0. The summed E-state index contributed by atoms with van der Waals surface area (Å²) in [6.07, 6.45) is -4.53. The van der Waals surface area contributed by atoms with Crippen molar-refractivity contribution in [3.63, 3.8) is 0 Å². The van der Waals surface area contributed by atoms with E-state index >= 15 is 0 Å². The van der Waals surface area contributed by atoms with Gasteiger partial charge < -0.3 is 20.3 Å². The lowest BCUT2D eigenvalue weighted by atomic mass is 10.1. The van der Waals surface area contributed by atoms with Crippen LogP contribution in [0.25, 0.3) is 0 Å². The maximum atomic E-state index is 12.4. The summed E-state index contributed by atoms with van der Waals surface area (Å²) in [5.74, 6) is -2.67. The molecular weight excluding hydrogens is 375 g/mol. The molecule has 0 bridgehead atoms. The molecule has 3 N–H and O–H groups in total. The van der Waals surface area contributed by atoms with E-state index in [1.165, 1.54) is 12.1 Å². The van der Waals surface area contributed by atoms with Gasteiger partial charge in [-0.1, -0.05) is 36.4 Å². The van der Waals surface area contributed by atoms with Crippen molar-refractivity contribution in [3.05, 3.63) is 59.7 Å². The van der Waals surface area contributed by atoms with E-state index in [2.05, 4.69) is 4.74 Å². The van der Waals surface area contributed by atoms with Gasteiger partial charge >= 0.3 is 12.3 Å². The second-order valence-corrected chi connectivity index (χ2v) is 5.24. The molecular formula is C17H17ClF3NO4. The van der Waals surface area contributed by atoms with Gasteiger partial charge in [0.05, 0.1) is 0 Å². The molecule has 5 nitrogen and oxygen atoms in total. The standard InChI is InChI=1S/C17H16F3NO4.ClH/c18-17(19,20)25-14-8-4-7-13(15(14)16(22)23)24-10-12(21)9-11-5-2-1-3-6-11;/h1-8,12H,9-10,21H2,(H,22,23);1H/t12-;/m1./s1. The van der Waals surface area contributed by atoms with Crippen molar-refractivity contribution in [1.29, 1.82) is 0 Å². The van der Waals surface area contributed by atoms with Crippen molar-refractivity contribution < 1.29 is 32.5 Å². The number of halogens is 4. The highest BCUT2D eigenvalue weighted by molar-refractivity contribution is 5.94. The van der Waals surface area contributed by atoms with Gasteiger partial charge in [0.1, 0.15) is 23.7 Å². The Hall–Kier alpha value is -2.45. The van der Waals surface area contributed by atoms with E-state index < -0.39 is 29.7 Å². The lowest BCUT2D eigenvalue weighted by Gasteiger charge is -2.17. The van der Waals surface area contributed by atoms with Crippen molar-refractivity contribution in [3.8, 4) is 11.5 Å². The normalized spacial score (nSPS) is 12.0. The molecule has 0 saturated carbocycles. The van der Waals surface area contributed by atoms with Crippen LogP contribution in [0.3, 0.4) is 0 Å². The highest BCUT2D eigenvalue weighted by Gasteiger charge is 2.34. The molecule has 2 aromatic carbocycles. The predicted octanol–water partition coefficient (Wildman–Crippen LogP) is 3.65. The van der Waals surface area contributed by atoms with Crippen molar-refractivity contribution in [2.75, 3.05) is 6.61 Å². The molecule has 0 saturated heterocycles. The van der Waals surface area contributed by atoms with Gasteiger partial charge in [0.2, 0.25) is 0 Å². The van der Waals surface area contributed by atoms with E-state index in [0.29, 0.717) is 6.42 Å². The highest BCUT2D eigenvalue weighted by Crippen LogP contribution is 2.32. The zero-order chi connectivity index (χ0) is 18.4. The molecule has 142 valence electrons. The number of carboxylic acids is 1. The third-order valence-corrected chi connectivity index (χ3v) is 3.22. The second kappa shape index (κ2) is 9.30. The third kappa shape index (κ3) is 6.45. The monoisotopic (exact) mass is 391 g/mol. The van der Waals surface area contributed by atoms with Crippen LogP contribution in [0.2, 0.25) is 0 Å². The van der Waals surface area contributed by atoms with Crippen molar-refractivity contribution in [1.82, 2.24) is 0 Å². The minimum Gasteiger partial charge on any atom is -0.491 e. The van der Waals surface area contributed by atoms with E-state index in [0.717, 1.165) is 11.6 Å². The van der Waals surface area contributed by atoms with Gasteiger partial charge in [0.15, 0.2) is 0 Å². The second-order valence-electron chi connectivity index (χ2n) is 5.24. The molecule has 0 aromatic heterocycles. The first kappa shape index (κ1) is 21.6. The van der Waals surface area contributed by atoms with Gasteiger partial charge in [0, 0.05) is 6.04 Å². The molecule has 9 heteroatoms. The number of carboxylic acid groups (broad SMARTS) is 1. The summed E-state index contributed by atoms with van der Waals surface area (Å²) in [6, 6.07) is 12.2. The molecule has 1 atom stereocenters. The minimum absolute atomic E-state index is 0. The van der Waals surface area contributed by atoms with Crippen LogP contribution in [0.5, 0.6) is 11.5 Å². The zero-order valence-electron chi connectivity index (χ0n) is 13.4. The number of rotatable bonds is 7. The fraction of sp³-hybridized carbons (Fsp3) is 0.235. The smallest absolute Gasteiger partial charge is 0.491 e. The SMILES string of the molecule is Cl.N[C@@H](COc1cccc(OC(F)(F)F)c1C(=O)O)Cc1ccccc1. The highest BCUT2D eigenvalue weighted by atomic mass is 35.5. The summed E-state index contributed by atoms with van der Waals surface area (Å²) in [5.41, 5.74) is 6.20. The molecule has 0 heterocycles. The number of benzene rings is 2. The Morgan fingerprint density at radius 2 is 1.69 bits per heavy atom. The molecule has 0 unspecified atom stereocenters. The maximum absolute atomic E-state index is 12.4. The number of carbonyl (C=O) groups is 1. The Morgan fingerprint density at radius 3 is 2.27 bits per heavy atom. The van der Waals surface area contributed by atoms with Crippen LogP contribution in [0, 0.1) is 0 Å². The summed E-state index contributed by atoms with van der Waals surface area (Å²) in [5, 5.41) is 9.19. The number of hydrogen-bond donors (Lipinski definition) is 2. The van der Waals surface area contributed by atoms with Gasteiger partial charge in [-0.25, -0.2) is 4.79 Å². The molecule has 2 aromatic rings. The van der Waals surface area contributed by atoms with Gasteiger partial charge in [0.25, 0.3) is 0 Å². The van der Waals surface area contributed by atoms with E-state index in [1.807, 2.05) is 30.3 Å². The average Bonchev–Trinajstić information content (AvgIpc) is 2.52. The number of ether oxygens (including phenoxy) is 2. The Balaban J connectivity index is 0.00000338. The summed E-state index contributed by atoms with van der Waals surface area (Å²) >= 11 is 0. The van der Waals surface area contributed by atoms with E-state index in [1.54, 1.807) is 0 Å². The van der Waals surface area contributed by atoms with Crippen LogP contribution in [-0.2, 0) is 6.42 Å². The molecule has 0 amide bonds. The Bertz CT molecular complexity index is 726. The van der Waals surface area contributed by atoms with E-state index in [-0.39, 0.29) is 24.8 Å². The zero-order valence-corrected chi connectivity index (χ0v) is 14.2. The fourth-order valence-corrected chi connectivity index (χ4v) is 2.22. The first-order valence-electron chi connectivity index (χ1n) is 7.30. The number of alkyl halides is 3.